The van der Waals surface area contributed by atoms with E-state index in [4.69, 9.17) is 4.74 Å². The molecule has 0 aliphatic carbocycles. The van der Waals surface area contributed by atoms with Gasteiger partial charge in [-0.15, -0.1) is 0 Å². The number of ether oxygens (including phenoxy) is 1. The average molecular weight is 193 g/mol. The average Bonchev–Trinajstić information content (AvgIpc) is 2.18. The number of phenols is 1. The Morgan fingerprint density at radius 1 is 1.64 bits per heavy atom. The summed E-state index contributed by atoms with van der Waals surface area (Å²) in [5, 5.41) is 9.23. The van der Waals surface area contributed by atoms with E-state index in [0.717, 1.165) is 12.0 Å². The molecule has 0 spiro atoms. The van der Waals surface area contributed by atoms with Crippen LogP contribution in [0.1, 0.15) is 0 Å². The molecule has 0 radical (unpaired) electrons. The lowest BCUT2D eigenvalue weighted by Crippen LogP contribution is -2.41. The van der Waals surface area contributed by atoms with Crippen molar-refractivity contribution in [3.8, 4) is 11.5 Å². The molecule has 74 valence electrons. The lowest BCUT2D eigenvalue weighted by molar-refractivity contribution is -0.109. The van der Waals surface area contributed by atoms with Crippen molar-refractivity contribution in [2.75, 3.05) is 18.6 Å². The second-order valence-corrected chi connectivity index (χ2v) is 3.28. The molecule has 2 rings (SSSR count). The minimum Gasteiger partial charge on any atom is -0.508 e. The fourth-order valence-electron chi connectivity index (χ4n) is 1.51. The summed E-state index contributed by atoms with van der Waals surface area (Å²) >= 11 is 0. The predicted octanol–water partition coefficient (Wildman–Crippen LogP) is 0.788. The minimum absolute atomic E-state index is 0.168. The van der Waals surface area contributed by atoms with Crippen LogP contribution in [0.15, 0.2) is 18.2 Å². The molecule has 0 saturated carbocycles. The molecule has 1 aliphatic heterocycles. The number of anilines is 1. The number of rotatable bonds is 1. The largest absolute Gasteiger partial charge is 0.508 e. The van der Waals surface area contributed by atoms with Gasteiger partial charge in [0.15, 0.2) is 0 Å². The zero-order chi connectivity index (χ0) is 10.1. The Kier molecular flexibility index (Phi) is 2.04. The molecule has 14 heavy (non-hydrogen) atoms. The van der Waals surface area contributed by atoms with Gasteiger partial charge in [0.2, 0.25) is 0 Å². The number of likely N-dealkylation sites (N-methyl/N-ethyl adjacent to an activating group) is 1. The van der Waals surface area contributed by atoms with Crippen molar-refractivity contribution in [1.82, 2.24) is 0 Å². The van der Waals surface area contributed by atoms with Crippen LogP contribution >= 0.6 is 0 Å². The van der Waals surface area contributed by atoms with Crippen LogP contribution in [0, 0.1) is 0 Å². The van der Waals surface area contributed by atoms with Crippen molar-refractivity contribution in [2.45, 2.75) is 6.04 Å². The zero-order valence-electron chi connectivity index (χ0n) is 7.80. The van der Waals surface area contributed by atoms with Crippen molar-refractivity contribution in [2.24, 2.45) is 0 Å². The minimum atomic E-state index is -0.243. The van der Waals surface area contributed by atoms with E-state index in [1.807, 2.05) is 11.9 Å². The van der Waals surface area contributed by atoms with Crippen LogP contribution in [-0.2, 0) is 4.79 Å². The number of carbonyl (C=O) groups is 1. The second kappa shape index (κ2) is 3.21. The van der Waals surface area contributed by atoms with Gasteiger partial charge < -0.3 is 19.5 Å². The third-order valence-electron chi connectivity index (χ3n) is 2.39. The molecule has 1 aliphatic rings. The summed E-state index contributed by atoms with van der Waals surface area (Å²) in [6.07, 6.45) is 0.857. The third-order valence-corrected chi connectivity index (χ3v) is 2.39. The summed E-state index contributed by atoms with van der Waals surface area (Å²) in [7, 11) is 1.83. The maximum Gasteiger partial charge on any atom is 0.146 e. The molecule has 1 aromatic rings. The Balaban J connectivity index is 2.40. The van der Waals surface area contributed by atoms with E-state index in [9.17, 15) is 9.90 Å². The normalized spacial score (nSPS) is 19.8. The first-order chi connectivity index (χ1) is 6.72. The highest BCUT2D eigenvalue weighted by Crippen LogP contribution is 2.34. The van der Waals surface area contributed by atoms with Crippen LogP contribution in [0.25, 0.3) is 0 Å². The molecule has 1 aromatic carbocycles. The molecule has 1 unspecified atom stereocenters. The van der Waals surface area contributed by atoms with E-state index in [1.165, 1.54) is 0 Å². The molecular weight excluding hydrogens is 182 g/mol. The summed E-state index contributed by atoms with van der Waals surface area (Å²) in [5.74, 6) is 0.785. The number of aldehydes is 1. The van der Waals surface area contributed by atoms with Crippen LogP contribution < -0.4 is 9.64 Å². The first kappa shape index (κ1) is 8.87. The maximum atomic E-state index is 10.7. The highest BCUT2D eigenvalue weighted by Gasteiger charge is 2.24. The van der Waals surface area contributed by atoms with E-state index in [1.54, 1.807) is 18.2 Å². The lowest BCUT2D eigenvalue weighted by atomic mass is 10.2. The maximum absolute atomic E-state index is 10.7. The molecule has 0 aromatic heterocycles. The van der Waals surface area contributed by atoms with Gasteiger partial charge >= 0.3 is 0 Å². The standard InChI is InChI=1S/C10H11NO3/c1-11-7(5-12)6-14-10-4-8(13)2-3-9(10)11/h2-5,7,13H,6H2,1H3. The molecule has 0 fully saturated rings. The number of hydrogen-bond donors (Lipinski definition) is 1. The zero-order valence-corrected chi connectivity index (χ0v) is 7.80. The van der Waals surface area contributed by atoms with Crippen LogP contribution in [0.2, 0.25) is 0 Å². The highest BCUT2D eigenvalue weighted by atomic mass is 16.5. The van der Waals surface area contributed by atoms with E-state index >= 15 is 0 Å². The number of hydrogen-bond acceptors (Lipinski definition) is 4. The van der Waals surface area contributed by atoms with Gasteiger partial charge in [-0.1, -0.05) is 0 Å². The molecule has 1 heterocycles. The van der Waals surface area contributed by atoms with Gasteiger partial charge in [0.05, 0.1) is 5.69 Å². The first-order valence-corrected chi connectivity index (χ1v) is 4.36. The predicted molar refractivity (Wildman–Crippen MR) is 51.9 cm³/mol. The van der Waals surface area contributed by atoms with Crippen molar-refractivity contribution in [1.29, 1.82) is 0 Å². The number of benzene rings is 1. The van der Waals surface area contributed by atoms with Crippen LogP contribution in [0.5, 0.6) is 11.5 Å². The molecular formula is C10H11NO3. The Morgan fingerprint density at radius 2 is 2.43 bits per heavy atom. The summed E-state index contributed by atoms with van der Waals surface area (Å²) < 4.78 is 5.35. The van der Waals surface area contributed by atoms with Crippen molar-refractivity contribution >= 4 is 12.0 Å². The van der Waals surface area contributed by atoms with E-state index in [-0.39, 0.29) is 11.8 Å². The summed E-state index contributed by atoms with van der Waals surface area (Å²) in [6.45, 7) is 0.330. The van der Waals surface area contributed by atoms with Gasteiger partial charge in [-0.2, -0.15) is 0 Å². The van der Waals surface area contributed by atoms with Gasteiger partial charge in [0.25, 0.3) is 0 Å². The highest BCUT2D eigenvalue weighted by molar-refractivity contribution is 5.71. The van der Waals surface area contributed by atoms with E-state index < -0.39 is 0 Å². The second-order valence-electron chi connectivity index (χ2n) is 3.28. The van der Waals surface area contributed by atoms with Crippen LogP contribution in [0.3, 0.4) is 0 Å². The number of nitrogens with zero attached hydrogens (tertiary/aromatic N) is 1. The first-order valence-electron chi connectivity index (χ1n) is 4.36. The number of carbonyl (C=O) groups excluding carboxylic acids is 1. The Bertz CT molecular complexity index is 364. The molecule has 1 N–H and O–H groups in total. The number of aromatic hydroxyl groups is 1. The summed E-state index contributed by atoms with van der Waals surface area (Å²) in [4.78, 5) is 12.5. The van der Waals surface area contributed by atoms with E-state index in [2.05, 4.69) is 0 Å². The third kappa shape index (κ3) is 1.28. The summed E-state index contributed by atoms with van der Waals surface area (Å²) in [5.41, 5.74) is 0.825. The molecule has 1 atom stereocenters. The van der Waals surface area contributed by atoms with E-state index in [0.29, 0.717) is 12.4 Å². The van der Waals surface area contributed by atoms with Gasteiger partial charge in [-0.3, -0.25) is 0 Å². The summed E-state index contributed by atoms with van der Waals surface area (Å²) in [6, 6.07) is 4.62. The van der Waals surface area contributed by atoms with Gasteiger partial charge in [-0.05, 0) is 12.1 Å². The molecule has 4 heteroatoms. The fourth-order valence-corrected chi connectivity index (χ4v) is 1.51. The van der Waals surface area contributed by atoms with Crippen molar-refractivity contribution < 1.29 is 14.6 Å². The Morgan fingerprint density at radius 3 is 3.14 bits per heavy atom. The van der Waals surface area contributed by atoms with Crippen molar-refractivity contribution in [3.05, 3.63) is 18.2 Å². The smallest absolute Gasteiger partial charge is 0.146 e. The number of phenolic OH excluding ortho intramolecular Hbond substituents is 1. The molecule has 0 amide bonds. The van der Waals surface area contributed by atoms with Gasteiger partial charge in [-0.25, -0.2) is 0 Å². The Labute approximate surface area is 81.7 Å². The van der Waals surface area contributed by atoms with Crippen LogP contribution in [0.4, 0.5) is 5.69 Å². The lowest BCUT2D eigenvalue weighted by Gasteiger charge is -2.32. The molecule has 0 saturated heterocycles. The monoisotopic (exact) mass is 193 g/mol. The number of fused-ring (bicyclic) bond motifs is 1. The molecule has 0 bridgehead atoms. The van der Waals surface area contributed by atoms with Crippen LogP contribution in [-0.4, -0.2) is 31.1 Å². The fraction of sp³-hybridized carbons (Fsp3) is 0.300. The van der Waals surface area contributed by atoms with Gasteiger partial charge in [0, 0.05) is 13.1 Å². The molecule has 4 nitrogen and oxygen atoms in total. The SMILES string of the molecule is CN1c2ccc(O)cc2OCC1C=O. The van der Waals surface area contributed by atoms with Crippen molar-refractivity contribution in [3.63, 3.8) is 0 Å². The van der Waals surface area contributed by atoms with Gasteiger partial charge in [0.1, 0.15) is 30.4 Å². The Hall–Kier alpha value is -1.71. The quantitative estimate of drug-likeness (QED) is 0.670. The topological polar surface area (TPSA) is 49.8 Å².